The zero-order valence-electron chi connectivity index (χ0n) is 18.9. The van der Waals surface area contributed by atoms with Gasteiger partial charge in [0.05, 0.1) is 20.3 Å². The van der Waals surface area contributed by atoms with Crippen LogP contribution in [-0.4, -0.2) is 42.8 Å². The second-order valence-corrected chi connectivity index (χ2v) is 8.07. The number of rotatable bonds is 9. The van der Waals surface area contributed by atoms with Gasteiger partial charge in [-0.3, -0.25) is 9.69 Å². The normalized spacial score (nSPS) is 16.8. The Bertz CT molecular complexity index is 1080. The molecule has 4 rings (SSSR count). The number of aliphatic carboxylic acids is 1. The molecule has 1 aliphatic heterocycles. The second kappa shape index (κ2) is 10.4. The summed E-state index contributed by atoms with van der Waals surface area (Å²) in [5.41, 5.74) is 2.89. The second-order valence-electron chi connectivity index (χ2n) is 8.07. The highest BCUT2D eigenvalue weighted by molar-refractivity contribution is 5.74. The Kier molecular flexibility index (Phi) is 7.15. The molecule has 2 unspecified atom stereocenters. The maximum atomic E-state index is 12.1. The molecule has 0 spiro atoms. The van der Waals surface area contributed by atoms with E-state index in [0.717, 1.165) is 28.9 Å². The molecule has 2 atom stereocenters. The van der Waals surface area contributed by atoms with Gasteiger partial charge in [0.25, 0.3) is 0 Å². The fraction of sp³-hybridized carbons (Fsp3) is 0.296. The van der Waals surface area contributed by atoms with E-state index < -0.39 is 12.0 Å². The van der Waals surface area contributed by atoms with Crippen molar-refractivity contribution in [2.45, 2.75) is 31.5 Å². The maximum absolute atomic E-state index is 12.1. The van der Waals surface area contributed by atoms with Gasteiger partial charge in [0.2, 0.25) is 0 Å². The average Bonchev–Trinajstić information content (AvgIpc) is 3.33. The van der Waals surface area contributed by atoms with E-state index in [1.165, 1.54) is 0 Å². The monoisotopic (exact) mass is 447 g/mol. The topological polar surface area (TPSA) is 68.2 Å². The lowest BCUT2D eigenvalue weighted by Gasteiger charge is -2.33. The first-order valence-corrected chi connectivity index (χ1v) is 11.1. The van der Waals surface area contributed by atoms with Crippen molar-refractivity contribution in [2.75, 3.05) is 20.8 Å². The molecule has 1 heterocycles. The third-order valence-corrected chi connectivity index (χ3v) is 6.06. The van der Waals surface area contributed by atoms with Crippen molar-refractivity contribution in [2.24, 2.45) is 0 Å². The highest BCUT2D eigenvalue weighted by Gasteiger charge is 2.38. The van der Waals surface area contributed by atoms with E-state index in [0.29, 0.717) is 31.1 Å². The number of benzene rings is 3. The van der Waals surface area contributed by atoms with Crippen molar-refractivity contribution in [3.05, 3.63) is 89.5 Å². The van der Waals surface area contributed by atoms with E-state index in [4.69, 9.17) is 14.2 Å². The minimum Gasteiger partial charge on any atom is -0.493 e. The number of carboxylic acid groups (broad SMARTS) is 1. The number of carbonyl (C=O) groups is 1. The summed E-state index contributed by atoms with van der Waals surface area (Å²) in [6, 6.07) is 22.7. The summed E-state index contributed by atoms with van der Waals surface area (Å²) in [5, 5.41) is 9.90. The van der Waals surface area contributed by atoms with Gasteiger partial charge in [-0.2, -0.15) is 0 Å². The van der Waals surface area contributed by atoms with Crippen LogP contribution in [0.4, 0.5) is 0 Å². The Morgan fingerprint density at radius 2 is 1.82 bits per heavy atom. The van der Waals surface area contributed by atoms with Crippen LogP contribution in [0.25, 0.3) is 0 Å². The van der Waals surface area contributed by atoms with Crippen molar-refractivity contribution >= 4 is 5.97 Å². The molecule has 6 nitrogen and oxygen atoms in total. The standard InChI is InChI=1S/C27H29NO5/c1-31-24-15-7-13-22(26(24)32-2)25(28-16-8-14-23(28)27(29)30)20-11-6-12-21(17-20)33-18-19-9-4-3-5-10-19/h3-7,9-13,15,17,23,25H,8,14,16,18H2,1-2H3,(H,29,30). The first-order valence-electron chi connectivity index (χ1n) is 11.1. The SMILES string of the molecule is COc1cccc(C(c2cccc(OCc3ccccc3)c2)N2CCCC2C(=O)O)c1OC. The van der Waals surface area contributed by atoms with Crippen LogP contribution < -0.4 is 14.2 Å². The first-order chi connectivity index (χ1) is 16.1. The smallest absolute Gasteiger partial charge is 0.320 e. The first kappa shape index (κ1) is 22.7. The van der Waals surface area contributed by atoms with Gasteiger partial charge in [0, 0.05) is 12.1 Å². The lowest BCUT2D eigenvalue weighted by molar-refractivity contribution is -0.142. The summed E-state index contributed by atoms with van der Waals surface area (Å²) in [5.74, 6) is 1.14. The Hall–Kier alpha value is -3.51. The number of para-hydroxylation sites is 1. The summed E-state index contributed by atoms with van der Waals surface area (Å²) >= 11 is 0. The average molecular weight is 448 g/mol. The van der Waals surface area contributed by atoms with Crippen molar-refractivity contribution in [1.29, 1.82) is 0 Å². The number of hydrogen-bond acceptors (Lipinski definition) is 5. The number of carboxylic acids is 1. The highest BCUT2D eigenvalue weighted by Crippen LogP contribution is 2.43. The van der Waals surface area contributed by atoms with E-state index in [-0.39, 0.29) is 6.04 Å². The van der Waals surface area contributed by atoms with Gasteiger partial charge < -0.3 is 19.3 Å². The Morgan fingerprint density at radius 1 is 1.03 bits per heavy atom. The third-order valence-electron chi connectivity index (χ3n) is 6.06. The van der Waals surface area contributed by atoms with Gasteiger partial charge in [-0.05, 0) is 42.2 Å². The molecule has 0 aliphatic carbocycles. The highest BCUT2D eigenvalue weighted by atomic mass is 16.5. The Morgan fingerprint density at radius 3 is 2.55 bits per heavy atom. The summed E-state index contributed by atoms with van der Waals surface area (Å²) in [7, 11) is 3.21. The van der Waals surface area contributed by atoms with Gasteiger partial charge in [-0.25, -0.2) is 0 Å². The number of hydrogen-bond donors (Lipinski definition) is 1. The number of ether oxygens (including phenoxy) is 3. The molecule has 6 heteroatoms. The molecule has 3 aromatic carbocycles. The van der Waals surface area contributed by atoms with Crippen LogP contribution in [0.15, 0.2) is 72.8 Å². The van der Waals surface area contributed by atoms with Crippen LogP contribution >= 0.6 is 0 Å². The molecule has 1 fully saturated rings. The van der Waals surface area contributed by atoms with Gasteiger partial charge in [-0.15, -0.1) is 0 Å². The summed E-state index contributed by atoms with van der Waals surface area (Å²) in [6.45, 7) is 1.13. The van der Waals surface area contributed by atoms with Crippen LogP contribution in [0.2, 0.25) is 0 Å². The van der Waals surface area contributed by atoms with E-state index in [1.54, 1.807) is 14.2 Å². The lowest BCUT2D eigenvalue weighted by Crippen LogP contribution is -2.39. The Labute approximate surface area is 194 Å². The summed E-state index contributed by atoms with van der Waals surface area (Å²) in [4.78, 5) is 14.1. The molecular weight excluding hydrogens is 418 g/mol. The van der Waals surface area contributed by atoms with Crippen molar-refractivity contribution in [1.82, 2.24) is 4.90 Å². The van der Waals surface area contributed by atoms with Crippen LogP contribution in [0.3, 0.4) is 0 Å². The van der Waals surface area contributed by atoms with Crippen LogP contribution in [-0.2, 0) is 11.4 Å². The third kappa shape index (κ3) is 4.96. The molecule has 1 saturated heterocycles. The van der Waals surface area contributed by atoms with E-state index >= 15 is 0 Å². The quantitative estimate of drug-likeness (QED) is 0.502. The molecule has 0 bridgehead atoms. The number of nitrogens with zero attached hydrogens (tertiary/aromatic N) is 1. The van der Waals surface area contributed by atoms with Crippen LogP contribution in [0.1, 0.15) is 35.6 Å². The van der Waals surface area contributed by atoms with Gasteiger partial charge in [0.1, 0.15) is 18.4 Å². The summed E-state index contributed by atoms with van der Waals surface area (Å²) < 4.78 is 17.3. The molecule has 172 valence electrons. The zero-order chi connectivity index (χ0) is 23.2. The fourth-order valence-electron chi connectivity index (χ4n) is 4.56. The molecule has 1 N–H and O–H groups in total. The van der Waals surface area contributed by atoms with Gasteiger partial charge >= 0.3 is 5.97 Å². The zero-order valence-corrected chi connectivity index (χ0v) is 18.9. The molecule has 0 saturated carbocycles. The van der Waals surface area contributed by atoms with Crippen LogP contribution in [0, 0.1) is 0 Å². The molecule has 3 aromatic rings. The number of methoxy groups -OCH3 is 2. The van der Waals surface area contributed by atoms with E-state index in [9.17, 15) is 9.90 Å². The van der Waals surface area contributed by atoms with E-state index in [2.05, 4.69) is 0 Å². The van der Waals surface area contributed by atoms with E-state index in [1.807, 2.05) is 77.7 Å². The summed E-state index contributed by atoms with van der Waals surface area (Å²) in [6.07, 6.45) is 1.44. The van der Waals surface area contributed by atoms with Crippen molar-refractivity contribution < 1.29 is 24.1 Å². The molecule has 0 radical (unpaired) electrons. The van der Waals surface area contributed by atoms with Crippen LogP contribution in [0.5, 0.6) is 17.2 Å². The molecule has 0 amide bonds. The van der Waals surface area contributed by atoms with Crippen molar-refractivity contribution in [3.63, 3.8) is 0 Å². The maximum Gasteiger partial charge on any atom is 0.320 e. The van der Waals surface area contributed by atoms with Crippen molar-refractivity contribution in [3.8, 4) is 17.2 Å². The fourth-order valence-corrected chi connectivity index (χ4v) is 4.56. The largest absolute Gasteiger partial charge is 0.493 e. The predicted octanol–water partition coefficient (Wildman–Crippen LogP) is 4.92. The Balaban J connectivity index is 1.74. The molecule has 33 heavy (non-hydrogen) atoms. The molecular formula is C27H29NO5. The minimum absolute atomic E-state index is 0.320. The lowest BCUT2D eigenvalue weighted by atomic mass is 9.94. The van der Waals surface area contributed by atoms with Gasteiger partial charge in [-0.1, -0.05) is 54.6 Å². The number of likely N-dealkylation sites (tertiary alicyclic amines) is 1. The minimum atomic E-state index is -0.809. The van der Waals surface area contributed by atoms with Gasteiger partial charge in [0.15, 0.2) is 11.5 Å². The predicted molar refractivity (Wildman–Crippen MR) is 126 cm³/mol. The molecule has 0 aromatic heterocycles. The molecule has 1 aliphatic rings.